The summed E-state index contributed by atoms with van der Waals surface area (Å²) in [6.45, 7) is 5.33. The lowest BCUT2D eigenvalue weighted by Gasteiger charge is -2.16. The lowest BCUT2D eigenvalue weighted by Crippen LogP contribution is -2.27. The smallest absolute Gasteiger partial charge is 0.243 e. The molecule has 0 aliphatic carbocycles. The zero-order valence-electron chi connectivity index (χ0n) is 19.5. The molecule has 2 saturated heterocycles. The second-order valence-electron chi connectivity index (χ2n) is 8.77. The Kier molecular flexibility index (Phi) is 7.15. The Morgan fingerprint density at radius 2 is 1.91 bits per heavy atom. The molecule has 1 unspecified atom stereocenters. The van der Waals surface area contributed by atoms with Gasteiger partial charge in [0.25, 0.3) is 0 Å². The molecule has 34 heavy (non-hydrogen) atoms. The van der Waals surface area contributed by atoms with Crippen LogP contribution in [0.4, 0.5) is 0 Å². The predicted molar refractivity (Wildman–Crippen MR) is 134 cm³/mol. The van der Waals surface area contributed by atoms with Crippen LogP contribution in [-0.4, -0.2) is 54.7 Å². The second kappa shape index (κ2) is 10.3. The van der Waals surface area contributed by atoms with Gasteiger partial charge >= 0.3 is 0 Å². The highest BCUT2D eigenvalue weighted by atomic mass is 32.2. The van der Waals surface area contributed by atoms with Crippen molar-refractivity contribution in [2.24, 2.45) is 0 Å². The van der Waals surface area contributed by atoms with Crippen molar-refractivity contribution in [1.29, 1.82) is 0 Å². The van der Waals surface area contributed by atoms with Crippen molar-refractivity contribution in [2.45, 2.75) is 61.1 Å². The number of sulfonamides is 1. The zero-order valence-corrected chi connectivity index (χ0v) is 21.1. The van der Waals surface area contributed by atoms with E-state index in [1.54, 1.807) is 28.2 Å². The third kappa shape index (κ3) is 4.98. The molecule has 0 amide bonds. The Morgan fingerprint density at radius 3 is 2.62 bits per heavy atom. The number of rotatable bonds is 9. The highest BCUT2D eigenvalue weighted by molar-refractivity contribution is 7.98. The van der Waals surface area contributed by atoms with Crippen LogP contribution in [0.25, 0.3) is 11.0 Å². The summed E-state index contributed by atoms with van der Waals surface area (Å²) in [5, 5.41) is 0.884. The maximum atomic E-state index is 13.1. The van der Waals surface area contributed by atoms with Crippen LogP contribution in [-0.2, 0) is 27.1 Å². The fourth-order valence-corrected chi connectivity index (χ4v) is 7.12. The van der Waals surface area contributed by atoms with Gasteiger partial charge in [-0.1, -0.05) is 23.9 Å². The Morgan fingerprint density at radius 1 is 1.12 bits per heavy atom. The van der Waals surface area contributed by atoms with Gasteiger partial charge in [-0.15, -0.1) is 0 Å². The minimum atomic E-state index is -3.48. The van der Waals surface area contributed by atoms with Crippen molar-refractivity contribution in [1.82, 2.24) is 13.9 Å². The van der Waals surface area contributed by atoms with E-state index in [4.69, 9.17) is 14.5 Å². The molecule has 1 aromatic heterocycles. The SMILES string of the molecule is CCOc1ccc(CSc2nc3cc(S(=O)(=O)N4CCCC4)ccc3n2CC2CCCO2)cc1. The lowest BCUT2D eigenvalue weighted by atomic mass is 10.2. The number of ether oxygens (including phenoxy) is 2. The van der Waals surface area contributed by atoms with E-state index in [9.17, 15) is 8.42 Å². The molecular weight excluding hydrogens is 470 g/mol. The van der Waals surface area contributed by atoms with E-state index < -0.39 is 10.0 Å². The van der Waals surface area contributed by atoms with Gasteiger partial charge in [0.05, 0.1) is 35.2 Å². The van der Waals surface area contributed by atoms with Crippen LogP contribution in [0.2, 0.25) is 0 Å². The summed E-state index contributed by atoms with van der Waals surface area (Å²) < 4.78 is 41.4. The number of aromatic nitrogens is 2. The van der Waals surface area contributed by atoms with Gasteiger partial charge in [-0.25, -0.2) is 13.4 Å². The van der Waals surface area contributed by atoms with Gasteiger partial charge in [0, 0.05) is 25.4 Å². The molecule has 2 aromatic carbocycles. The van der Waals surface area contributed by atoms with Crippen LogP contribution >= 0.6 is 11.8 Å². The third-order valence-corrected chi connectivity index (χ3v) is 9.34. The van der Waals surface area contributed by atoms with Crippen molar-refractivity contribution in [3.8, 4) is 5.75 Å². The summed E-state index contributed by atoms with van der Waals surface area (Å²) in [7, 11) is -3.48. The van der Waals surface area contributed by atoms with Gasteiger partial charge in [0.2, 0.25) is 10.0 Å². The van der Waals surface area contributed by atoms with Gasteiger partial charge in [0.1, 0.15) is 5.75 Å². The van der Waals surface area contributed by atoms with Gasteiger partial charge in [-0.2, -0.15) is 4.31 Å². The van der Waals surface area contributed by atoms with Crippen LogP contribution in [0, 0.1) is 0 Å². The number of benzene rings is 2. The van der Waals surface area contributed by atoms with Gasteiger partial charge < -0.3 is 14.0 Å². The standard InChI is InChI=1S/C25H31N3O4S2/c1-2-31-20-9-7-19(8-10-20)18-33-25-26-23-16-22(34(29,30)27-13-3-4-14-27)11-12-24(23)28(25)17-21-6-5-15-32-21/h7-12,16,21H,2-6,13-15,17-18H2,1H3. The van der Waals surface area contributed by atoms with E-state index in [0.29, 0.717) is 30.1 Å². The Labute approximate surface area is 205 Å². The van der Waals surface area contributed by atoms with Gasteiger partial charge in [-0.3, -0.25) is 0 Å². The normalized spacial score (nSPS) is 19.3. The first kappa shape index (κ1) is 23.7. The van der Waals surface area contributed by atoms with Crippen molar-refractivity contribution < 1.29 is 17.9 Å². The molecule has 0 N–H and O–H groups in total. The van der Waals surface area contributed by atoms with Crippen LogP contribution in [0.1, 0.15) is 38.2 Å². The van der Waals surface area contributed by atoms with Crippen LogP contribution < -0.4 is 4.74 Å². The third-order valence-electron chi connectivity index (χ3n) is 6.40. The molecule has 0 saturated carbocycles. The first-order valence-electron chi connectivity index (χ1n) is 12.0. The Bertz CT molecular complexity index is 1230. The molecule has 7 nitrogen and oxygen atoms in total. The average Bonchev–Trinajstić information content (AvgIpc) is 3.61. The number of fused-ring (bicyclic) bond motifs is 1. The van der Waals surface area contributed by atoms with Crippen LogP contribution in [0.15, 0.2) is 52.5 Å². The van der Waals surface area contributed by atoms with Crippen molar-refractivity contribution in [3.05, 3.63) is 48.0 Å². The molecule has 0 spiro atoms. The number of thioether (sulfide) groups is 1. The summed E-state index contributed by atoms with van der Waals surface area (Å²) in [4.78, 5) is 5.21. The van der Waals surface area contributed by atoms with Crippen LogP contribution in [0.5, 0.6) is 5.75 Å². The van der Waals surface area contributed by atoms with Crippen molar-refractivity contribution in [2.75, 3.05) is 26.3 Å². The summed E-state index contributed by atoms with van der Waals surface area (Å²) in [5.74, 6) is 1.63. The molecule has 0 radical (unpaired) electrons. The fourth-order valence-electron chi connectivity index (χ4n) is 4.60. The minimum Gasteiger partial charge on any atom is -0.494 e. The van der Waals surface area contributed by atoms with E-state index in [2.05, 4.69) is 16.7 Å². The maximum Gasteiger partial charge on any atom is 0.243 e. The molecular formula is C25H31N3O4S2. The molecule has 5 rings (SSSR count). The Hall–Kier alpha value is -2.07. The quantitative estimate of drug-likeness (QED) is 0.396. The largest absolute Gasteiger partial charge is 0.494 e. The first-order chi connectivity index (χ1) is 16.5. The fraction of sp³-hybridized carbons (Fsp3) is 0.480. The first-order valence-corrected chi connectivity index (χ1v) is 14.4. The molecule has 2 fully saturated rings. The van der Waals surface area contributed by atoms with E-state index in [1.807, 2.05) is 25.1 Å². The molecule has 3 aromatic rings. The molecule has 3 heterocycles. The summed E-state index contributed by atoms with van der Waals surface area (Å²) in [6.07, 6.45) is 4.11. The summed E-state index contributed by atoms with van der Waals surface area (Å²) in [5.41, 5.74) is 2.85. The average molecular weight is 502 g/mol. The van der Waals surface area contributed by atoms with E-state index >= 15 is 0 Å². The van der Waals surface area contributed by atoms with Crippen molar-refractivity contribution in [3.63, 3.8) is 0 Å². The number of hydrogen-bond acceptors (Lipinski definition) is 6. The highest BCUT2D eigenvalue weighted by Gasteiger charge is 2.28. The Balaban J connectivity index is 1.43. The van der Waals surface area contributed by atoms with Gasteiger partial charge in [-0.05, 0) is 68.5 Å². The summed E-state index contributed by atoms with van der Waals surface area (Å²) in [6, 6.07) is 13.5. The lowest BCUT2D eigenvalue weighted by molar-refractivity contribution is 0.0960. The number of hydrogen-bond donors (Lipinski definition) is 0. The van der Waals surface area contributed by atoms with E-state index in [-0.39, 0.29) is 6.10 Å². The molecule has 2 aliphatic rings. The summed E-state index contributed by atoms with van der Waals surface area (Å²) >= 11 is 1.66. The number of nitrogens with zero attached hydrogens (tertiary/aromatic N) is 3. The minimum absolute atomic E-state index is 0.162. The van der Waals surface area contributed by atoms with Crippen LogP contribution in [0.3, 0.4) is 0 Å². The van der Waals surface area contributed by atoms with E-state index in [0.717, 1.165) is 61.0 Å². The van der Waals surface area contributed by atoms with E-state index in [1.165, 1.54) is 5.56 Å². The highest BCUT2D eigenvalue weighted by Crippen LogP contribution is 2.31. The molecule has 182 valence electrons. The predicted octanol–water partition coefficient (Wildman–Crippen LogP) is 4.69. The topological polar surface area (TPSA) is 73.7 Å². The molecule has 9 heteroatoms. The monoisotopic (exact) mass is 501 g/mol. The number of imidazole rings is 1. The van der Waals surface area contributed by atoms with Gasteiger partial charge in [0.15, 0.2) is 5.16 Å². The molecule has 2 aliphatic heterocycles. The van der Waals surface area contributed by atoms with Crippen molar-refractivity contribution >= 4 is 32.8 Å². The molecule has 0 bridgehead atoms. The maximum absolute atomic E-state index is 13.1. The second-order valence-corrected chi connectivity index (χ2v) is 11.6. The molecule has 1 atom stereocenters. The zero-order chi connectivity index (χ0) is 23.5.